The van der Waals surface area contributed by atoms with Gasteiger partial charge in [0.25, 0.3) is 0 Å². The van der Waals surface area contributed by atoms with Gasteiger partial charge >= 0.3 is 0 Å². The third-order valence-corrected chi connectivity index (χ3v) is 4.23. The van der Waals surface area contributed by atoms with Gasteiger partial charge in [-0.15, -0.1) is 11.3 Å². The third-order valence-electron chi connectivity index (χ3n) is 2.43. The second-order valence-electron chi connectivity index (χ2n) is 5.24. The molecule has 0 bridgehead atoms. The lowest BCUT2D eigenvalue weighted by atomic mass is 9.91. The van der Waals surface area contributed by atoms with E-state index in [-0.39, 0.29) is 5.41 Å². The van der Waals surface area contributed by atoms with E-state index in [1.165, 1.54) is 22.0 Å². The van der Waals surface area contributed by atoms with Crippen LogP contribution in [-0.4, -0.2) is 17.8 Å². The number of rotatable bonds is 6. The summed E-state index contributed by atoms with van der Waals surface area (Å²) in [4.78, 5) is 6.22. The fourth-order valence-electron chi connectivity index (χ4n) is 1.67. The first-order valence-corrected chi connectivity index (χ1v) is 8.38. The van der Waals surface area contributed by atoms with E-state index in [0.717, 1.165) is 18.8 Å². The molecular weight excluding hydrogens is 248 g/mol. The van der Waals surface area contributed by atoms with E-state index < -0.39 is 0 Å². The molecule has 0 saturated heterocycles. The summed E-state index contributed by atoms with van der Waals surface area (Å²) in [7, 11) is 0. The van der Waals surface area contributed by atoms with Crippen molar-refractivity contribution < 1.29 is 0 Å². The van der Waals surface area contributed by atoms with Crippen LogP contribution in [0.2, 0.25) is 0 Å². The van der Waals surface area contributed by atoms with E-state index in [9.17, 15) is 0 Å². The molecule has 1 N–H and O–H groups in total. The van der Waals surface area contributed by atoms with Crippen LogP contribution in [0.4, 0.5) is 0 Å². The molecule has 0 amide bonds. The summed E-state index contributed by atoms with van der Waals surface area (Å²) >= 11 is 3.71. The van der Waals surface area contributed by atoms with E-state index >= 15 is 0 Å². The minimum atomic E-state index is 0.149. The molecule has 0 aromatic carbocycles. The van der Waals surface area contributed by atoms with Crippen LogP contribution in [0, 0.1) is 0 Å². The molecule has 0 fully saturated rings. The largest absolute Gasteiger partial charge is 0.312 e. The summed E-state index contributed by atoms with van der Waals surface area (Å²) in [6.07, 6.45) is 3.31. The zero-order valence-electron chi connectivity index (χ0n) is 11.6. The minimum Gasteiger partial charge on any atom is -0.312 e. The van der Waals surface area contributed by atoms with Gasteiger partial charge in [-0.05, 0) is 19.2 Å². The van der Waals surface area contributed by atoms with Crippen molar-refractivity contribution >= 4 is 23.1 Å². The number of aromatic nitrogens is 1. The summed E-state index contributed by atoms with van der Waals surface area (Å²) in [6.45, 7) is 11.0. The molecular formula is C13H24N2S2. The van der Waals surface area contributed by atoms with Gasteiger partial charge in [0, 0.05) is 22.6 Å². The van der Waals surface area contributed by atoms with Gasteiger partial charge in [-0.25, -0.2) is 4.98 Å². The maximum Gasteiger partial charge on any atom is 0.103 e. The molecule has 2 nitrogen and oxygen atoms in total. The lowest BCUT2D eigenvalue weighted by molar-refractivity contribution is 0.558. The molecule has 1 rings (SSSR count). The van der Waals surface area contributed by atoms with Crippen molar-refractivity contribution in [1.82, 2.24) is 10.3 Å². The molecule has 0 spiro atoms. The van der Waals surface area contributed by atoms with Crippen molar-refractivity contribution in [2.45, 2.75) is 51.8 Å². The van der Waals surface area contributed by atoms with Crippen LogP contribution < -0.4 is 5.32 Å². The van der Waals surface area contributed by atoms with Crippen molar-refractivity contribution in [2.24, 2.45) is 0 Å². The highest BCUT2D eigenvalue weighted by molar-refractivity contribution is 7.97. The Bertz CT molecular complexity index is 340. The van der Waals surface area contributed by atoms with Crippen molar-refractivity contribution in [3.05, 3.63) is 15.6 Å². The minimum absolute atomic E-state index is 0.149. The first kappa shape index (κ1) is 15.0. The monoisotopic (exact) mass is 272 g/mol. The number of hydrogen-bond donors (Lipinski definition) is 1. The molecule has 0 radical (unpaired) electrons. The van der Waals surface area contributed by atoms with Crippen LogP contribution >= 0.6 is 23.1 Å². The highest BCUT2D eigenvalue weighted by Crippen LogP contribution is 2.30. The number of hydrogen-bond acceptors (Lipinski definition) is 4. The number of nitrogens with zero attached hydrogens (tertiary/aromatic N) is 1. The Morgan fingerprint density at radius 1 is 1.35 bits per heavy atom. The molecule has 0 aliphatic heterocycles. The first-order chi connectivity index (χ1) is 7.99. The predicted octanol–water partition coefficient (Wildman–Crippen LogP) is 3.80. The molecule has 17 heavy (non-hydrogen) atoms. The molecule has 1 heterocycles. The number of thioether (sulfide) groups is 1. The first-order valence-electron chi connectivity index (χ1n) is 6.17. The van der Waals surface area contributed by atoms with Gasteiger partial charge in [-0.2, -0.15) is 11.8 Å². The van der Waals surface area contributed by atoms with Crippen molar-refractivity contribution in [3.8, 4) is 0 Å². The Balaban J connectivity index is 2.84. The SMILES string of the molecule is CCCNCc1sc(CSC)nc1C(C)(C)C. The van der Waals surface area contributed by atoms with Gasteiger partial charge in [-0.3, -0.25) is 0 Å². The standard InChI is InChI=1S/C13H24N2S2/c1-6-7-14-8-10-12(13(2,3)4)15-11(17-10)9-16-5/h14H,6-9H2,1-5H3. The van der Waals surface area contributed by atoms with Crippen molar-refractivity contribution in [3.63, 3.8) is 0 Å². The molecule has 98 valence electrons. The molecule has 1 aromatic rings. The van der Waals surface area contributed by atoms with E-state index in [1.54, 1.807) is 0 Å². The second-order valence-corrected chi connectivity index (χ2v) is 7.27. The fourth-order valence-corrected chi connectivity index (χ4v) is 3.61. The van der Waals surface area contributed by atoms with Gasteiger partial charge in [0.05, 0.1) is 5.69 Å². The smallest absolute Gasteiger partial charge is 0.103 e. The average molecular weight is 272 g/mol. The highest BCUT2D eigenvalue weighted by Gasteiger charge is 2.22. The van der Waals surface area contributed by atoms with E-state index in [0.29, 0.717) is 0 Å². The fraction of sp³-hybridized carbons (Fsp3) is 0.769. The Morgan fingerprint density at radius 3 is 2.59 bits per heavy atom. The lowest BCUT2D eigenvalue weighted by Crippen LogP contribution is -2.19. The van der Waals surface area contributed by atoms with E-state index in [4.69, 9.17) is 4.98 Å². The summed E-state index contributed by atoms with van der Waals surface area (Å²) in [5.41, 5.74) is 1.42. The van der Waals surface area contributed by atoms with Crippen LogP contribution in [0.3, 0.4) is 0 Å². The quantitative estimate of drug-likeness (QED) is 0.797. The Morgan fingerprint density at radius 2 is 2.06 bits per heavy atom. The third kappa shape index (κ3) is 4.60. The normalized spacial score (nSPS) is 12.1. The molecule has 0 unspecified atom stereocenters. The lowest BCUT2D eigenvalue weighted by Gasteiger charge is -2.17. The summed E-state index contributed by atoms with van der Waals surface area (Å²) in [6, 6.07) is 0. The zero-order valence-corrected chi connectivity index (χ0v) is 13.2. The van der Waals surface area contributed by atoms with Gasteiger partial charge < -0.3 is 5.32 Å². The van der Waals surface area contributed by atoms with Crippen molar-refractivity contribution in [2.75, 3.05) is 12.8 Å². The number of nitrogens with one attached hydrogen (secondary N) is 1. The maximum atomic E-state index is 4.81. The van der Waals surface area contributed by atoms with Crippen LogP contribution in [0.1, 0.15) is 49.7 Å². The molecule has 0 saturated carbocycles. The molecule has 0 atom stereocenters. The van der Waals surface area contributed by atoms with Crippen LogP contribution in [-0.2, 0) is 17.7 Å². The summed E-state index contributed by atoms with van der Waals surface area (Å²) in [5.74, 6) is 1.03. The van der Waals surface area contributed by atoms with Gasteiger partial charge in [0.1, 0.15) is 5.01 Å². The topological polar surface area (TPSA) is 24.9 Å². The van der Waals surface area contributed by atoms with Crippen LogP contribution in [0.15, 0.2) is 0 Å². The highest BCUT2D eigenvalue weighted by atomic mass is 32.2. The van der Waals surface area contributed by atoms with Crippen LogP contribution in [0.5, 0.6) is 0 Å². The maximum absolute atomic E-state index is 4.81. The van der Waals surface area contributed by atoms with Gasteiger partial charge in [0.15, 0.2) is 0 Å². The second kappa shape index (κ2) is 6.76. The van der Waals surface area contributed by atoms with E-state index in [2.05, 4.69) is 39.3 Å². The van der Waals surface area contributed by atoms with Crippen molar-refractivity contribution in [1.29, 1.82) is 0 Å². The van der Waals surface area contributed by atoms with Crippen LogP contribution in [0.25, 0.3) is 0 Å². The molecule has 0 aliphatic rings. The predicted molar refractivity (Wildman–Crippen MR) is 80.0 cm³/mol. The molecule has 0 aliphatic carbocycles. The zero-order chi connectivity index (χ0) is 12.9. The Hall–Kier alpha value is -0.0600. The molecule has 1 aromatic heterocycles. The average Bonchev–Trinajstić information content (AvgIpc) is 2.62. The molecule has 4 heteroatoms. The van der Waals surface area contributed by atoms with E-state index in [1.807, 2.05) is 23.1 Å². The van der Waals surface area contributed by atoms with Gasteiger partial charge in [0.2, 0.25) is 0 Å². The van der Waals surface area contributed by atoms with Gasteiger partial charge in [-0.1, -0.05) is 27.7 Å². The summed E-state index contributed by atoms with van der Waals surface area (Å²) < 4.78 is 0. The Kier molecular flexibility index (Phi) is 5.97. The number of thiazole rings is 1. The summed E-state index contributed by atoms with van der Waals surface area (Å²) in [5, 5.41) is 4.74. The Labute approximate surface area is 114 Å².